The molecule has 3 aromatic carbocycles. The van der Waals surface area contributed by atoms with Gasteiger partial charge >= 0.3 is 0 Å². The Labute approximate surface area is 235 Å². The van der Waals surface area contributed by atoms with Gasteiger partial charge in [-0.1, -0.05) is 30.3 Å². The van der Waals surface area contributed by atoms with Crippen molar-refractivity contribution in [3.63, 3.8) is 0 Å². The minimum absolute atomic E-state index is 0.220. The fraction of sp³-hybridized carbons (Fsp3) is 0.233. The second-order valence-electron chi connectivity index (χ2n) is 9.31. The van der Waals surface area contributed by atoms with E-state index >= 15 is 0 Å². The van der Waals surface area contributed by atoms with Crippen LogP contribution in [0.1, 0.15) is 39.5 Å². The number of thioether (sulfide) groups is 1. The monoisotopic (exact) mass is 563 g/mol. The number of nitrogens with one attached hydrogen (secondary N) is 2. The summed E-state index contributed by atoms with van der Waals surface area (Å²) < 4.78 is 29.0. The Kier molecular flexibility index (Phi) is 9.91. The molecule has 10 heteroatoms. The molecule has 0 radical (unpaired) electrons. The zero-order valence-electron chi connectivity index (χ0n) is 21.8. The molecular formula is C30H29F2N4O3S-. The minimum atomic E-state index is -1.35. The lowest BCUT2D eigenvalue weighted by atomic mass is 9.97. The third kappa shape index (κ3) is 7.92. The number of anilines is 1. The van der Waals surface area contributed by atoms with Crippen molar-refractivity contribution in [2.45, 2.75) is 31.5 Å². The molecule has 1 aromatic heterocycles. The van der Waals surface area contributed by atoms with Crippen LogP contribution in [0.25, 0.3) is 0 Å². The van der Waals surface area contributed by atoms with Gasteiger partial charge in [-0.25, -0.2) is 13.8 Å². The van der Waals surface area contributed by atoms with Crippen molar-refractivity contribution in [2.24, 2.45) is 0 Å². The molecule has 0 bridgehead atoms. The number of benzene rings is 3. The highest BCUT2D eigenvalue weighted by Gasteiger charge is 2.20. The van der Waals surface area contributed by atoms with Gasteiger partial charge in [0.1, 0.15) is 11.6 Å². The molecule has 0 aliphatic heterocycles. The smallest absolute Gasteiger partial charge is 0.252 e. The van der Waals surface area contributed by atoms with E-state index in [4.69, 9.17) is 0 Å². The van der Waals surface area contributed by atoms with Crippen LogP contribution in [0, 0.1) is 11.6 Å². The van der Waals surface area contributed by atoms with Crippen LogP contribution in [0.3, 0.4) is 0 Å². The number of hydrogen-bond donors (Lipinski definition) is 2. The SMILES string of the molecule is CSCC[C@H](NC(=O)c1cc(NC(Cn2ccnc2)c2ccc(F)cc2)ccc1Cc1ccc(F)cc1)C(=O)[O-]. The van der Waals surface area contributed by atoms with Crippen LogP contribution in [0.15, 0.2) is 85.5 Å². The largest absolute Gasteiger partial charge is 0.548 e. The quantitative estimate of drug-likeness (QED) is 0.253. The van der Waals surface area contributed by atoms with Crippen molar-refractivity contribution in [2.75, 3.05) is 17.3 Å². The summed E-state index contributed by atoms with van der Waals surface area (Å²) in [6.07, 6.45) is 7.57. The van der Waals surface area contributed by atoms with Crippen LogP contribution in [-0.2, 0) is 17.8 Å². The van der Waals surface area contributed by atoms with Crippen molar-refractivity contribution < 1.29 is 23.5 Å². The highest BCUT2D eigenvalue weighted by Crippen LogP contribution is 2.26. The summed E-state index contributed by atoms with van der Waals surface area (Å²) in [6.45, 7) is 0.478. The van der Waals surface area contributed by atoms with Crippen LogP contribution < -0.4 is 15.7 Å². The topological polar surface area (TPSA) is 99.1 Å². The van der Waals surface area contributed by atoms with Crippen LogP contribution in [-0.4, -0.2) is 39.5 Å². The highest BCUT2D eigenvalue weighted by atomic mass is 32.2. The number of nitrogens with zero attached hydrogens (tertiary/aromatic N) is 2. The number of carbonyl (C=O) groups is 2. The second-order valence-corrected chi connectivity index (χ2v) is 10.3. The van der Waals surface area contributed by atoms with E-state index in [9.17, 15) is 23.5 Å². The number of rotatable bonds is 13. The molecule has 4 rings (SSSR count). The van der Waals surface area contributed by atoms with Crippen LogP contribution in [0.4, 0.5) is 14.5 Å². The molecule has 0 aliphatic rings. The van der Waals surface area contributed by atoms with E-state index in [2.05, 4.69) is 15.6 Å². The molecule has 0 saturated heterocycles. The lowest BCUT2D eigenvalue weighted by molar-refractivity contribution is -0.308. The fourth-order valence-electron chi connectivity index (χ4n) is 4.31. The number of aromatic nitrogens is 2. The molecule has 0 spiro atoms. The van der Waals surface area contributed by atoms with Gasteiger partial charge in [0.2, 0.25) is 0 Å². The van der Waals surface area contributed by atoms with Crippen molar-refractivity contribution in [1.29, 1.82) is 0 Å². The third-order valence-electron chi connectivity index (χ3n) is 6.43. The molecule has 4 aromatic rings. The van der Waals surface area contributed by atoms with Crippen LogP contribution in [0.5, 0.6) is 0 Å². The van der Waals surface area contributed by atoms with E-state index in [1.165, 1.54) is 36.0 Å². The number of carbonyl (C=O) groups excluding carboxylic acids is 2. The first kappa shape index (κ1) is 28.8. The van der Waals surface area contributed by atoms with E-state index < -0.39 is 17.9 Å². The maximum atomic E-state index is 13.6. The minimum Gasteiger partial charge on any atom is -0.548 e. The Morgan fingerprint density at radius 1 is 1.02 bits per heavy atom. The van der Waals surface area contributed by atoms with Gasteiger partial charge in [-0.15, -0.1) is 0 Å². The Balaban J connectivity index is 1.66. The number of carboxylic acids is 1. The van der Waals surface area contributed by atoms with Gasteiger partial charge < -0.3 is 25.1 Å². The first-order chi connectivity index (χ1) is 19.3. The van der Waals surface area contributed by atoms with E-state index in [0.717, 1.165) is 11.1 Å². The molecule has 0 aliphatic carbocycles. The zero-order chi connectivity index (χ0) is 28.5. The van der Waals surface area contributed by atoms with Gasteiger partial charge in [-0.05, 0) is 77.9 Å². The molecular weight excluding hydrogens is 534 g/mol. The van der Waals surface area contributed by atoms with Gasteiger partial charge in [0.05, 0.1) is 24.4 Å². The first-order valence-corrected chi connectivity index (χ1v) is 14.1. The Morgan fingerprint density at radius 3 is 2.35 bits per heavy atom. The average Bonchev–Trinajstić information content (AvgIpc) is 3.46. The summed E-state index contributed by atoms with van der Waals surface area (Å²) >= 11 is 1.47. The number of hydrogen-bond acceptors (Lipinski definition) is 6. The van der Waals surface area contributed by atoms with E-state index in [0.29, 0.717) is 30.0 Å². The van der Waals surface area contributed by atoms with Crippen molar-refractivity contribution >= 4 is 29.3 Å². The average molecular weight is 564 g/mol. The standard InChI is InChI=1S/C30H30F2N4O3S/c1-40-15-12-27(30(38)39)35-29(37)26-17-25(11-6-22(26)16-20-2-7-23(31)8-3-20)34-28(18-36-14-13-33-19-36)21-4-9-24(32)10-5-21/h2-11,13-14,17,19,27-28,34H,12,15-16,18H2,1H3,(H,35,37)(H,38,39)/p-1/t27-,28?/m0/s1. The van der Waals surface area contributed by atoms with Gasteiger partial charge in [0, 0.05) is 30.2 Å². The molecule has 1 heterocycles. The number of amides is 1. The Bertz CT molecular complexity index is 1410. The van der Waals surface area contributed by atoms with E-state index in [1.54, 1.807) is 48.9 Å². The van der Waals surface area contributed by atoms with E-state index in [-0.39, 0.29) is 29.7 Å². The molecule has 208 valence electrons. The van der Waals surface area contributed by atoms with Crippen LogP contribution >= 0.6 is 11.8 Å². The molecule has 1 unspecified atom stereocenters. The van der Waals surface area contributed by atoms with Crippen LogP contribution in [0.2, 0.25) is 0 Å². The Hall–Kier alpha value is -4.18. The Morgan fingerprint density at radius 2 is 1.73 bits per heavy atom. The second kappa shape index (κ2) is 13.7. The normalized spacial score (nSPS) is 12.5. The summed E-state index contributed by atoms with van der Waals surface area (Å²) in [6, 6.07) is 16.0. The molecule has 2 atom stereocenters. The summed E-state index contributed by atoms with van der Waals surface area (Å²) in [5, 5.41) is 17.7. The first-order valence-electron chi connectivity index (χ1n) is 12.7. The van der Waals surface area contributed by atoms with Gasteiger partial charge in [0.15, 0.2) is 0 Å². The molecule has 2 N–H and O–H groups in total. The predicted octanol–water partition coefficient (Wildman–Crippen LogP) is 4.21. The third-order valence-corrected chi connectivity index (χ3v) is 7.07. The molecule has 0 fully saturated rings. The van der Waals surface area contributed by atoms with Crippen molar-refractivity contribution in [3.05, 3.63) is 119 Å². The zero-order valence-corrected chi connectivity index (χ0v) is 22.7. The number of imidazole rings is 1. The lowest BCUT2D eigenvalue weighted by Crippen LogP contribution is -2.48. The number of halogens is 2. The van der Waals surface area contributed by atoms with Gasteiger partial charge in [0.25, 0.3) is 5.91 Å². The maximum Gasteiger partial charge on any atom is 0.252 e. The molecule has 1 amide bonds. The summed E-state index contributed by atoms with van der Waals surface area (Å²) in [4.78, 5) is 29.2. The van der Waals surface area contributed by atoms with E-state index in [1.807, 2.05) is 23.1 Å². The summed E-state index contributed by atoms with van der Waals surface area (Å²) in [5.74, 6) is -2.08. The van der Waals surface area contributed by atoms with Gasteiger partial charge in [-0.3, -0.25) is 4.79 Å². The molecule has 7 nitrogen and oxygen atoms in total. The summed E-state index contributed by atoms with van der Waals surface area (Å²) in [7, 11) is 0. The highest BCUT2D eigenvalue weighted by molar-refractivity contribution is 7.98. The fourth-order valence-corrected chi connectivity index (χ4v) is 4.78. The van der Waals surface area contributed by atoms with Gasteiger partial charge in [-0.2, -0.15) is 11.8 Å². The van der Waals surface area contributed by atoms with Crippen molar-refractivity contribution in [3.8, 4) is 0 Å². The number of carboxylic acid groups (broad SMARTS) is 1. The van der Waals surface area contributed by atoms with Crippen molar-refractivity contribution in [1.82, 2.24) is 14.9 Å². The number of aliphatic carboxylic acids is 1. The maximum absolute atomic E-state index is 13.6. The molecule has 40 heavy (non-hydrogen) atoms. The lowest BCUT2D eigenvalue weighted by Gasteiger charge is -2.23. The summed E-state index contributed by atoms with van der Waals surface area (Å²) in [5.41, 5.74) is 3.15. The molecule has 0 saturated carbocycles. The predicted molar refractivity (Wildman–Crippen MR) is 150 cm³/mol.